The van der Waals surface area contributed by atoms with Crippen LogP contribution in [0.4, 0.5) is 0 Å². The molecule has 0 aromatic heterocycles. The Morgan fingerprint density at radius 1 is 0.944 bits per heavy atom. The van der Waals surface area contributed by atoms with E-state index in [2.05, 4.69) is 30.3 Å². The fraction of sp³-hybridized carbons (Fsp3) is 0.647. The van der Waals surface area contributed by atoms with E-state index in [9.17, 15) is 5.11 Å². The molecule has 0 saturated heterocycles. The maximum absolute atomic E-state index is 10.9. The summed E-state index contributed by atoms with van der Waals surface area (Å²) < 4.78 is 0. The Labute approximate surface area is 110 Å². The van der Waals surface area contributed by atoms with Crippen molar-refractivity contribution in [1.82, 2.24) is 0 Å². The maximum Gasteiger partial charge on any atom is 0.0681 e. The van der Waals surface area contributed by atoms with Gasteiger partial charge in [-0.1, -0.05) is 49.6 Å². The van der Waals surface area contributed by atoms with Gasteiger partial charge < -0.3 is 5.11 Å². The minimum Gasteiger partial charge on any atom is -0.390 e. The molecule has 1 aromatic rings. The van der Waals surface area contributed by atoms with Crippen molar-refractivity contribution in [3.8, 4) is 0 Å². The summed E-state index contributed by atoms with van der Waals surface area (Å²) in [6.07, 6.45) is 9.61. The van der Waals surface area contributed by atoms with E-state index in [1.165, 1.54) is 44.1 Å². The van der Waals surface area contributed by atoms with Gasteiger partial charge in [-0.25, -0.2) is 0 Å². The van der Waals surface area contributed by atoms with Gasteiger partial charge in [0.1, 0.15) is 0 Å². The van der Waals surface area contributed by atoms with Gasteiger partial charge >= 0.3 is 0 Å². The third-order valence-electron chi connectivity index (χ3n) is 5.15. The second-order valence-electron chi connectivity index (χ2n) is 6.29. The highest BCUT2D eigenvalue weighted by atomic mass is 16.3. The molecule has 0 radical (unpaired) electrons. The Balaban J connectivity index is 1.82. The molecule has 2 aliphatic carbocycles. The van der Waals surface area contributed by atoms with Crippen molar-refractivity contribution in [1.29, 1.82) is 0 Å². The first-order chi connectivity index (χ1) is 8.78. The number of aliphatic hydroxyl groups is 1. The lowest BCUT2D eigenvalue weighted by Gasteiger charge is -2.36. The topological polar surface area (TPSA) is 20.2 Å². The molecule has 98 valence electrons. The zero-order chi connectivity index (χ0) is 12.4. The molecule has 1 N–H and O–H groups in total. The van der Waals surface area contributed by atoms with Crippen LogP contribution in [0.3, 0.4) is 0 Å². The largest absolute Gasteiger partial charge is 0.390 e. The number of hydrogen-bond donors (Lipinski definition) is 1. The van der Waals surface area contributed by atoms with E-state index in [-0.39, 0.29) is 5.60 Å². The monoisotopic (exact) mass is 244 g/mol. The van der Waals surface area contributed by atoms with Crippen molar-refractivity contribution in [2.45, 2.75) is 62.9 Å². The van der Waals surface area contributed by atoms with Crippen LogP contribution in [0.5, 0.6) is 0 Å². The van der Waals surface area contributed by atoms with Crippen LogP contribution in [-0.4, -0.2) is 10.7 Å². The molecule has 1 aromatic carbocycles. The lowest BCUT2D eigenvalue weighted by molar-refractivity contribution is -0.0208. The second kappa shape index (κ2) is 5.05. The highest BCUT2D eigenvalue weighted by Gasteiger charge is 2.42. The third-order valence-corrected chi connectivity index (χ3v) is 5.15. The highest BCUT2D eigenvalue weighted by molar-refractivity contribution is 5.20. The fourth-order valence-corrected chi connectivity index (χ4v) is 4.13. The van der Waals surface area contributed by atoms with E-state index in [0.717, 1.165) is 12.8 Å². The first-order valence-electron chi connectivity index (χ1n) is 7.55. The van der Waals surface area contributed by atoms with E-state index in [1.807, 2.05) is 0 Å². The highest BCUT2D eigenvalue weighted by Crippen LogP contribution is 2.47. The van der Waals surface area contributed by atoms with Crippen molar-refractivity contribution in [3.05, 3.63) is 35.9 Å². The second-order valence-corrected chi connectivity index (χ2v) is 6.29. The predicted molar refractivity (Wildman–Crippen MR) is 74.6 cm³/mol. The summed E-state index contributed by atoms with van der Waals surface area (Å²) in [4.78, 5) is 0. The van der Waals surface area contributed by atoms with Crippen LogP contribution >= 0.6 is 0 Å². The van der Waals surface area contributed by atoms with Gasteiger partial charge in [0.25, 0.3) is 0 Å². The Hall–Kier alpha value is -0.820. The molecule has 0 bridgehead atoms. The first kappa shape index (κ1) is 12.2. The van der Waals surface area contributed by atoms with Gasteiger partial charge in [0.2, 0.25) is 0 Å². The summed E-state index contributed by atoms with van der Waals surface area (Å²) in [5, 5.41) is 10.9. The lowest BCUT2D eigenvalue weighted by Crippen LogP contribution is -2.36. The molecular weight excluding hydrogens is 220 g/mol. The van der Waals surface area contributed by atoms with Gasteiger partial charge in [-0.15, -0.1) is 0 Å². The minimum atomic E-state index is -0.360. The summed E-state index contributed by atoms with van der Waals surface area (Å²) in [7, 11) is 0. The zero-order valence-electron chi connectivity index (χ0n) is 11.1. The number of fused-ring (bicyclic) bond motifs is 1. The Morgan fingerprint density at radius 3 is 2.50 bits per heavy atom. The number of rotatable bonds is 1. The molecule has 1 nitrogen and oxygen atoms in total. The SMILES string of the molecule is O[C@]12CCCC1CCCC[C@@H](c1ccccc1)C2. The van der Waals surface area contributed by atoms with Gasteiger partial charge in [-0.05, 0) is 49.5 Å². The van der Waals surface area contributed by atoms with Gasteiger partial charge in [0.15, 0.2) is 0 Å². The lowest BCUT2D eigenvalue weighted by atomic mass is 9.74. The first-order valence-corrected chi connectivity index (χ1v) is 7.55. The summed E-state index contributed by atoms with van der Waals surface area (Å²) >= 11 is 0. The smallest absolute Gasteiger partial charge is 0.0681 e. The summed E-state index contributed by atoms with van der Waals surface area (Å²) in [5.74, 6) is 1.14. The maximum atomic E-state index is 10.9. The quantitative estimate of drug-likeness (QED) is 0.782. The Bertz CT molecular complexity index is 386. The molecule has 2 fully saturated rings. The molecule has 2 saturated carbocycles. The van der Waals surface area contributed by atoms with E-state index < -0.39 is 0 Å². The molecule has 0 amide bonds. The van der Waals surface area contributed by atoms with E-state index >= 15 is 0 Å². The van der Waals surface area contributed by atoms with Crippen LogP contribution < -0.4 is 0 Å². The molecule has 2 aliphatic rings. The summed E-state index contributed by atoms with van der Waals surface area (Å²) in [5.41, 5.74) is 1.07. The molecule has 0 heterocycles. The van der Waals surface area contributed by atoms with E-state index in [4.69, 9.17) is 0 Å². The Morgan fingerprint density at radius 2 is 1.67 bits per heavy atom. The van der Waals surface area contributed by atoms with Crippen LogP contribution in [0, 0.1) is 5.92 Å². The van der Waals surface area contributed by atoms with Crippen LogP contribution in [0.15, 0.2) is 30.3 Å². The van der Waals surface area contributed by atoms with Gasteiger partial charge in [0.05, 0.1) is 5.60 Å². The third kappa shape index (κ3) is 2.33. The van der Waals surface area contributed by atoms with Gasteiger partial charge in [-0.2, -0.15) is 0 Å². The van der Waals surface area contributed by atoms with Gasteiger partial charge in [0, 0.05) is 0 Å². The van der Waals surface area contributed by atoms with Crippen molar-refractivity contribution in [2.24, 2.45) is 5.92 Å². The molecular formula is C17H24O. The standard InChI is InChI=1S/C17H24O/c18-17-12-6-11-16(17)10-5-4-9-15(13-17)14-7-2-1-3-8-14/h1-3,7-8,15-16,18H,4-6,9-13H2/t15-,16?,17+/m1/s1. The number of hydrogen-bond acceptors (Lipinski definition) is 1. The minimum absolute atomic E-state index is 0.360. The molecule has 3 rings (SSSR count). The van der Waals surface area contributed by atoms with Crippen molar-refractivity contribution >= 4 is 0 Å². The van der Waals surface area contributed by atoms with E-state index in [1.54, 1.807) is 0 Å². The normalized spacial score (nSPS) is 36.7. The predicted octanol–water partition coefficient (Wildman–Crippen LogP) is 4.27. The number of benzene rings is 1. The van der Waals surface area contributed by atoms with Crippen LogP contribution in [0.1, 0.15) is 62.8 Å². The zero-order valence-corrected chi connectivity index (χ0v) is 11.1. The summed E-state index contributed by atoms with van der Waals surface area (Å²) in [6, 6.07) is 10.8. The molecule has 18 heavy (non-hydrogen) atoms. The fourth-order valence-electron chi connectivity index (χ4n) is 4.13. The van der Waals surface area contributed by atoms with Gasteiger partial charge in [-0.3, -0.25) is 0 Å². The van der Waals surface area contributed by atoms with Crippen LogP contribution in [-0.2, 0) is 0 Å². The van der Waals surface area contributed by atoms with Crippen molar-refractivity contribution < 1.29 is 5.11 Å². The van der Waals surface area contributed by atoms with Crippen LogP contribution in [0.2, 0.25) is 0 Å². The average Bonchev–Trinajstić information content (AvgIpc) is 2.72. The summed E-state index contributed by atoms with van der Waals surface area (Å²) in [6.45, 7) is 0. The van der Waals surface area contributed by atoms with Crippen LogP contribution in [0.25, 0.3) is 0 Å². The molecule has 0 spiro atoms. The average molecular weight is 244 g/mol. The van der Waals surface area contributed by atoms with Crippen molar-refractivity contribution in [2.75, 3.05) is 0 Å². The molecule has 1 unspecified atom stereocenters. The van der Waals surface area contributed by atoms with Crippen molar-refractivity contribution in [3.63, 3.8) is 0 Å². The Kier molecular flexibility index (Phi) is 3.43. The molecule has 3 atom stereocenters. The molecule has 0 aliphatic heterocycles. The van der Waals surface area contributed by atoms with E-state index in [0.29, 0.717) is 11.8 Å². The molecule has 1 heteroatoms.